The zero-order valence-corrected chi connectivity index (χ0v) is 24.7. The van der Waals surface area contributed by atoms with Gasteiger partial charge in [-0.1, -0.05) is 38.5 Å². The van der Waals surface area contributed by atoms with Gasteiger partial charge in [0.05, 0.1) is 29.4 Å². The quantitative estimate of drug-likeness (QED) is 0.243. The molecule has 0 bridgehead atoms. The minimum atomic E-state index is -3.28. The summed E-state index contributed by atoms with van der Waals surface area (Å²) in [5, 5.41) is 3.33. The third-order valence-corrected chi connectivity index (χ3v) is 8.68. The summed E-state index contributed by atoms with van der Waals surface area (Å²) < 4.78 is 41.5. The third-order valence-electron chi connectivity index (χ3n) is 6.76. The van der Waals surface area contributed by atoms with Crippen molar-refractivity contribution in [3.8, 4) is 5.75 Å². The van der Waals surface area contributed by atoms with Crippen molar-refractivity contribution >= 4 is 21.8 Å². The first-order valence-electron chi connectivity index (χ1n) is 13.9. The lowest BCUT2D eigenvalue weighted by Crippen LogP contribution is -2.45. The van der Waals surface area contributed by atoms with E-state index in [1.807, 2.05) is 52.0 Å². The Bertz CT molecular complexity index is 994. The molecule has 0 aliphatic carbocycles. The summed E-state index contributed by atoms with van der Waals surface area (Å²) in [7, 11) is -3.28. The molecule has 1 atom stereocenters. The van der Waals surface area contributed by atoms with E-state index in [2.05, 4.69) is 5.32 Å². The van der Waals surface area contributed by atoms with E-state index < -0.39 is 32.7 Å². The number of unbranched alkanes of at least 4 members (excludes halogenated alkanes) is 2. The second-order valence-electron chi connectivity index (χ2n) is 11.4. The molecule has 0 spiro atoms. The predicted octanol–water partition coefficient (Wildman–Crippen LogP) is 4.84. The van der Waals surface area contributed by atoms with Crippen LogP contribution in [0.15, 0.2) is 24.3 Å². The number of hydrogen-bond acceptors (Lipinski definition) is 8. The van der Waals surface area contributed by atoms with Crippen molar-refractivity contribution in [1.82, 2.24) is 5.32 Å². The minimum Gasteiger partial charge on any atom is -0.493 e. The van der Waals surface area contributed by atoms with E-state index in [1.165, 1.54) is 0 Å². The zero-order valence-electron chi connectivity index (χ0n) is 23.8. The first-order valence-corrected chi connectivity index (χ1v) is 15.7. The molecule has 1 aliphatic heterocycles. The van der Waals surface area contributed by atoms with Crippen molar-refractivity contribution in [3.63, 3.8) is 0 Å². The molecule has 1 aromatic carbocycles. The molecule has 1 unspecified atom stereocenters. The fraction of sp³-hybridized carbons (Fsp3) is 0.724. The second kappa shape index (κ2) is 14.9. The molecule has 8 nitrogen and oxygen atoms in total. The Hall–Kier alpha value is -2.13. The van der Waals surface area contributed by atoms with Crippen LogP contribution in [0.25, 0.3) is 0 Å². The Morgan fingerprint density at radius 2 is 1.76 bits per heavy atom. The SMILES string of the molecule is CCCCS(=O)(=O)CC(C)C(=O)OCc1ccccc1OCCCCC1(C(=O)OC(C)(C)C)CCNCC1. The molecular formula is C29H47NO7S. The number of carbonyl (C=O) groups is 2. The van der Waals surface area contributed by atoms with E-state index in [0.29, 0.717) is 18.8 Å². The number of nitrogens with one attached hydrogen (secondary N) is 1. The lowest BCUT2D eigenvalue weighted by Gasteiger charge is -2.37. The molecule has 1 aromatic rings. The Balaban J connectivity index is 1.84. The number of ether oxygens (including phenoxy) is 3. The van der Waals surface area contributed by atoms with Crippen molar-refractivity contribution < 1.29 is 32.2 Å². The molecule has 1 heterocycles. The van der Waals surface area contributed by atoms with Crippen molar-refractivity contribution in [2.24, 2.45) is 11.3 Å². The third kappa shape index (κ3) is 10.9. The molecule has 1 fully saturated rings. The molecule has 216 valence electrons. The van der Waals surface area contributed by atoms with Gasteiger partial charge >= 0.3 is 11.9 Å². The normalized spacial score (nSPS) is 16.4. The van der Waals surface area contributed by atoms with Crippen LogP contribution in [0.1, 0.15) is 85.1 Å². The van der Waals surface area contributed by atoms with Gasteiger partial charge in [0.25, 0.3) is 0 Å². The highest BCUT2D eigenvalue weighted by Gasteiger charge is 2.41. The summed E-state index contributed by atoms with van der Waals surface area (Å²) in [5.41, 5.74) is -0.233. The fourth-order valence-corrected chi connectivity index (χ4v) is 6.34. The summed E-state index contributed by atoms with van der Waals surface area (Å²) >= 11 is 0. The molecular weight excluding hydrogens is 506 g/mol. The first kappa shape index (κ1) is 32.1. The van der Waals surface area contributed by atoms with Crippen LogP contribution in [0.5, 0.6) is 5.75 Å². The van der Waals surface area contributed by atoms with Crippen molar-refractivity contribution in [2.45, 2.75) is 91.8 Å². The van der Waals surface area contributed by atoms with Crippen LogP contribution in [0.4, 0.5) is 0 Å². The number of carbonyl (C=O) groups excluding carboxylic acids is 2. The van der Waals surface area contributed by atoms with Crippen molar-refractivity contribution in [2.75, 3.05) is 31.2 Å². The number of esters is 2. The van der Waals surface area contributed by atoms with E-state index in [9.17, 15) is 18.0 Å². The number of rotatable bonds is 15. The highest BCUT2D eigenvalue weighted by atomic mass is 32.2. The molecule has 2 rings (SSSR count). The molecule has 1 saturated heterocycles. The summed E-state index contributed by atoms with van der Waals surface area (Å²) in [4.78, 5) is 25.4. The number of hydrogen-bond donors (Lipinski definition) is 1. The van der Waals surface area contributed by atoms with E-state index in [4.69, 9.17) is 14.2 Å². The van der Waals surface area contributed by atoms with Gasteiger partial charge in [-0.25, -0.2) is 8.42 Å². The lowest BCUT2D eigenvalue weighted by molar-refractivity contribution is -0.170. The van der Waals surface area contributed by atoms with Gasteiger partial charge in [0.2, 0.25) is 0 Å². The van der Waals surface area contributed by atoms with E-state index in [0.717, 1.165) is 57.2 Å². The van der Waals surface area contributed by atoms with Crippen LogP contribution in [-0.4, -0.2) is 57.2 Å². The first-order chi connectivity index (χ1) is 17.9. The molecule has 1 aliphatic rings. The van der Waals surface area contributed by atoms with Crippen molar-refractivity contribution in [1.29, 1.82) is 0 Å². The molecule has 0 aromatic heterocycles. The van der Waals surface area contributed by atoms with E-state index in [-0.39, 0.29) is 24.1 Å². The van der Waals surface area contributed by atoms with Gasteiger partial charge in [-0.05, 0) is 78.5 Å². The zero-order chi connectivity index (χ0) is 28.2. The average Bonchev–Trinajstić information content (AvgIpc) is 2.85. The van der Waals surface area contributed by atoms with Gasteiger partial charge in [-0.15, -0.1) is 0 Å². The van der Waals surface area contributed by atoms with E-state index in [1.54, 1.807) is 6.92 Å². The summed E-state index contributed by atoms with van der Waals surface area (Å²) in [5.74, 6) is -0.844. The standard InChI is InChI=1S/C29H47NO7S/c1-6-7-20-38(33,34)22-23(2)26(31)36-21-24-12-8-9-13-25(24)35-19-11-10-14-29(15-17-30-18-16-29)27(32)37-28(3,4)5/h8-9,12-13,23,30H,6-7,10-11,14-22H2,1-5H3. The molecule has 0 radical (unpaired) electrons. The monoisotopic (exact) mass is 553 g/mol. The molecule has 1 N–H and O–H groups in total. The van der Waals surface area contributed by atoms with Gasteiger partial charge in [0.1, 0.15) is 18.0 Å². The van der Waals surface area contributed by atoms with Crippen LogP contribution >= 0.6 is 0 Å². The number of para-hydroxylation sites is 1. The highest BCUT2D eigenvalue weighted by molar-refractivity contribution is 7.91. The Kier molecular flexibility index (Phi) is 12.6. The molecule has 0 amide bonds. The Morgan fingerprint density at radius 3 is 2.42 bits per heavy atom. The van der Waals surface area contributed by atoms with Crippen LogP contribution < -0.4 is 10.1 Å². The van der Waals surface area contributed by atoms with Gasteiger partial charge in [-0.2, -0.15) is 0 Å². The number of piperidine rings is 1. The number of sulfone groups is 1. The Morgan fingerprint density at radius 1 is 1.08 bits per heavy atom. The van der Waals surface area contributed by atoms with Gasteiger partial charge in [0.15, 0.2) is 9.84 Å². The van der Waals surface area contributed by atoms with Crippen LogP contribution in [0.2, 0.25) is 0 Å². The van der Waals surface area contributed by atoms with Crippen LogP contribution in [0.3, 0.4) is 0 Å². The van der Waals surface area contributed by atoms with Gasteiger partial charge in [-0.3, -0.25) is 9.59 Å². The van der Waals surface area contributed by atoms with Crippen LogP contribution in [-0.2, 0) is 35.5 Å². The summed E-state index contributed by atoms with van der Waals surface area (Å²) in [6.07, 6.45) is 5.29. The fourth-order valence-electron chi connectivity index (χ4n) is 4.55. The van der Waals surface area contributed by atoms with Crippen LogP contribution in [0, 0.1) is 11.3 Å². The number of benzene rings is 1. The van der Waals surface area contributed by atoms with E-state index >= 15 is 0 Å². The molecule has 9 heteroatoms. The average molecular weight is 554 g/mol. The molecule has 0 saturated carbocycles. The minimum absolute atomic E-state index is 0.0170. The summed E-state index contributed by atoms with van der Waals surface area (Å²) in [6, 6.07) is 7.36. The van der Waals surface area contributed by atoms with Gasteiger partial charge in [0, 0.05) is 5.56 Å². The maximum absolute atomic E-state index is 13.0. The maximum atomic E-state index is 13.0. The predicted molar refractivity (Wildman–Crippen MR) is 149 cm³/mol. The van der Waals surface area contributed by atoms with Crippen molar-refractivity contribution in [3.05, 3.63) is 29.8 Å². The largest absolute Gasteiger partial charge is 0.493 e. The highest BCUT2D eigenvalue weighted by Crippen LogP contribution is 2.37. The lowest BCUT2D eigenvalue weighted by atomic mass is 9.75. The summed E-state index contributed by atoms with van der Waals surface area (Å²) in [6.45, 7) is 11.3. The Labute approximate surface area is 229 Å². The smallest absolute Gasteiger partial charge is 0.312 e. The molecule has 38 heavy (non-hydrogen) atoms. The second-order valence-corrected chi connectivity index (χ2v) is 13.7. The van der Waals surface area contributed by atoms with Gasteiger partial charge < -0.3 is 19.5 Å². The topological polar surface area (TPSA) is 108 Å². The maximum Gasteiger partial charge on any atom is 0.312 e.